The molecule has 2 aliphatic heterocycles. The van der Waals surface area contributed by atoms with Gasteiger partial charge in [-0.05, 0) is 12.1 Å². The van der Waals surface area contributed by atoms with Gasteiger partial charge in [-0.1, -0.05) is 0 Å². The molecule has 19 nitrogen and oxygen atoms in total. The molecule has 2 N–H and O–H groups in total. The number of carbonyl (C=O) groups is 2. The quantitative estimate of drug-likeness (QED) is 0.184. The number of aryl methyl sites for hydroxylation is 2. The molecular formula is C28H39N13O6. The number of esters is 2. The van der Waals surface area contributed by atoms with Crippen LogP contribution in [0.1, 0.15) is 44.6 Å². The van der Waals surface area contributed by atoms with Crippen molar-refractivity contribution in [2.75, 3.05) is 56.6 Å². The van der Waals surface area contributed by atoms with Gasteiger partial charge in [0.05, 0.1) is 38.1 Å². The van der Waals surface area contributed by atoms with Crippen LogP contribution in [0.5, 0.6) is 0 Å². The van der Waals surface area contributed by atoms with E-state index in [1.54, 1.807) is 10.9 Å². The molecule has 0 radical (unpaired) electrons. The lowest BCUT2D eigenvalue weighted by atomic mass is 10.1. The molecule has 2 fully saturated rings. The Kier molecular flexibility index (Phi) is 9.83. The van der Waals surface area contributed by atoms with Crippen LogP contribution in [0.15, 0.2) is 18.9 Å². The van der Waals surface area contributed by atoms with Crippen LogP contribution in [0.4, 0.5) is 11.8 Å². The number of ether oxygens (including phenoxy) is 4. The molecule has 0 spiro atoms. The molecular weight excluding hydrogens is 614 g/mol. The maximum Gasteiger partial charge on any atom is 0.303 e. The second kappa shape index (κ2) is 14.3. The minimum atomic E-state index is -1.08. The van der Waals surface area contributed by atoms with Crippen molar-refractivity contribution < 1.29 is 28.5 Å². The Morgan fingerprint density at radius 2 is 1.81 bits per heavy atom. The van der Waals surface area contributed by atoms with Gasteiger partial charge in [0.15, 0.2) is 41.5 Å². The monoisotopic (exact) mass is 653 g/mol. The second-order valence-electron chi connectivity index (χ2n) is 11.2. The third-order valence-electron chi connectivity index (χ3n) is 7.74. The number of carbonyl (C=O) groups excluding carboxylic acids is 2. The topological polar surface area (TPSA) is 203 Å². The fraction of sp³-hybridized carbons (Fsp3) is 0.607. The van der Waals surface area contributed by atoms with E-state index in [0.717, 1.165) is 25.3 Å². The molecule has 0 amide bonds. The van der Waals surface area contributed by atoms with Crippen molar-refractivity contribution >= 4 is 34.9 Å². The number of imidazole rings is 2. The molecule has 0 aromatic carbocycles. The normalized spacial score (nSPS) is 21.6. The van der Waals surface area contributed by atoms with Gasteiger partial charge in [-0.3, -0.25) is 19.1 Å². The molecule has 0 saturated carbocycles. The summed E-state index contributed by atoms with van der Waals surface area (Å²) < 4.78 is 26.8. The van der Waals surface area contributed by atoms with Crippen LogP contribution in [0.25, 0.3) is 11.2 Å². The summed E-state index contributed by atoms with van der Waals surface area (Å²) in [7, 11) is 1.92. The third kappa shape index (κ3) is 7.47. The molecule has 4 atom stereocenters. The lowest BCUT2D eigenvalue weighted by Gasteiger charge is -2.26. The lowest BCUT2D eigenvalue weighted by molar-refractivity contribution is -0.165. The summed E-state index contributed by atoms with van der Waals surface area (Å²) in [5, 5.41) is 19.2. The van der Waals surface area contributed by atoms with Crippen LogP contribution < -0.4 is 10.6 Å². The van der Waals surface area contributed by atoms with E-state index in [2.05, 4.69) is 40.9 Å². The molecule has 0 unspecified atom stereocenters. The van der Waals surface area contributed by atoms with E-state index >= 15 is 0 Å². The van der Waals surface area contributed by atoms with Crippen molar-refractivity contribution in [3.05, 3.63) is 30.4 Å². The Bertz CT molecular complexity index is 1680. The van der Waals surface area contributed by atoms with E-state index in [0.29, 0.717) is 62.2 Å². The highest BCUT2D eigenvalue weighted by Gasteiger charge is 2.53. The average molecular weight is 654 g/mol. The van der Waals surface area contributed by atoms with Gasteiger partial charge in [0.25, 0.3) is 0 Å². The summed E-state index contributed by atoms with van der Waals surface area (Å²) in [5.74, 6) is -0.128. The third-order valence-corrected chi connectivity index (χ3v) is 7.74. The molecule has 0 bridgehead atoms. The van der Waals surface area contributed by atoms with E-state index in [-0.39, 0.29) is 5.82 Å². The van der Waals surface area contributed by atoms with Gasteiger partial charge < -0.3 is 34.1 Å². The first-order valence-electron chi connectivity index (χ1n) is 15.6. The summed E-state index contributed by atoms with van der Waals surface area (Å²) in [6, 6.07) is 0. The summed E-state index contributed by atoms with van der Waals surface area (Å²) in [6.45, 7) is 9.92. The zero-order chi connectivity index (χ0) is 32.9. The highest BCUT2D eigenvalue weighted by Crippen LogP contribution is 2.42. The van der Waals surface area contributed by atoms with Gasteiger partial charge in [-0.15, -0.1) is 10.2 Å². The van der Waals surface area contributed by atoms with Gasteiger partial charge in [0.2, 0.25) is 11.8 Å². The van der Waals surface area contributed by atoms with E-state index in [1.165, 1.54) is 25.0 Å². The van der Waals surface area contributed by atoms with Crippen LogP contribution >= 0.6 is 0 Å². The van der Waals surface area contributed by atoms with Crippen LogP contribution in [0.2, 0.25) is 0 Å². The van der Waals surface area contributed by atoms with E-state index in [1.807, 2.05) is 24.7 Å². The number of nitrogens with zero attached hydrogens (tertiary/aromatic N) is 11. The van der Waals surface area contributed by atoms with Crippen LogP contribution in [-0.4, -0.2) is 124 Å². The highest BCUT2D eigenvalue weighted by atomic mass is 16.6. The number of hydrogen-bond acceptors (Lipinski definition) is 16. The minimum absolute atomic E-state index is 0.180. The molecule has 2 aliphatic rings. The summed E-state index contributed by atoms with van der Waals surface area (Å²) in [5.41, 5.74) is 1.81. The standard InChI is InChI=1S/C28H39N13O6/c1-5-41-36-25(35-37-41)22-21(45-17(2)42)23(46-18(3)43)27(47-22)40-16-32-20-24(29-8-9-39-10-12-44-13-11-39)33-28(34-26(20)40)30-7-6-19-14-38(4)15-31-19/h14-16,21-23,27H,5-13H2,1-4H3,(H2,29,30,33,34)/t21-,22-,23+,27+/m0/s1. The molecule has 252 valence electrons. The fourth-order valence-corrected chi connectivity index (χ4v) is 5.57. The Labute approximate surface area is 269 Å². The zero-order valence-electron chi connectivity index (χ0n) is 26.8. The second-order valence-corrected chi connectivity index (χ2v) is 11.2. The zero-order valence-corrected chi connectivity index (χ0v) is 26.8. The molecule has 47 heavy (non-hydrogen) atoms. The predicted octanol–water partition coefficient (Wildman–Crippen LogP) is 0.0984. The van der Waals surface area contributed by atoms with Crippen molar-refractivity contribution in [2.45, 2.75) is 58.3 Å². The van der Waals surface area contributed by atoms with E-state index in [9.17, 15) is 9.59 Å². The number of morpholine rings is 1. The lowest BCUT2D eigenvalue weighted by Crippen LogP contribution is -2.39. The number of anilines is 2. The van der Waals surface area contributed by atoms with Gasteiger partial charge in [-0.2, -0.15) is 14.8 Å². The number of aromatic nitrogens is 10. The van der Waals surface area contributed by atoms with Gasteiger partial charge in [-0.25, -0.2) is 9.97 Å². The van der Waals surface area contributed by atoms with Crippen LogP contribution in [0.3, 0.4) is 0 Å². The average Bonchev–Trinajstić information content (AvgIpc) is 3.85. The van der Waals surface area contributed by atoms with Gasteiger partial charge in [0.1, 0.15) is 0 Å². The van der Waals surface area contributed by atoms with Crippen molar-refractivity contribution in [1.82, 2.24) is 54.2 Å². The largest absolute Gasteiger partial charge is 0.455 e. The Hall–Kier alpha value is -4.75. The minimum Gasteiger partial charge on any atom is -0.455 e. The van der Waals surface area contributed by atoms with E-state index in [4.69, 9.17) is 28.9 Å². The highest BCUT2D eigenvalue weighted by molar-refractivity contribution is 5.84. The first-order chi connectivity index (χ1) is 22.8. The predicted molar refractivity (Wildman–Crippen MR) is 164 cm³/mol. The number of rotatable bonds is 13. The number of tetrazole rings is 1. The smallest absolute Gasteiger partial charge is 0.303 e. The van der Waals surface area contributed by atoms with Gasteiger partial charge >= 0.3 is 11.9 Å². The molecule has 19 heteroatoms. The SMILES string of the molecule is CCn1nnc([C@H]2O[C@@H](n3cnc4c(NCCN5CCOCC5)nc(NCCc5cn(C)cn5)nc43)[C@H](OC(C)=O)[C@H]2OC(C)=O)n1. The number of hydrogen-bond donors (Lipinski definition) is 2. The Morgan fingerprint density at radius 3 is 2.51 bits per heavy atom. The molecule has 6 rings (SSSR count). The summed E-state index contributed by atoms with van der Waals surface area (Å²) >= 11 is 0. The first kappa shape index (κ1) is 32.2. The number of nitrogens with one attached hydrogen (secondary N) is 2. The molecule has 4 aromatic rings. The van der Waals surface area contributed by atoms with Crippen molar-refractivity contribution in [2.24, 2.45) is 7.05 Å². The molecule has 6 heterocycles. The van der Waals surface area contributed by atoms with E-state index < -0.39 is 36.5 Å². The molecule has 2 saturated heterocycles. The van der Waals surface area contributed by atoms with Gasteiger partial charge in [0, 0.05) is 66.2 Å². The Morgan fingerprint density at radius 1 is 1.02 bits per heavy atom. The van der Waals surface area contributed by atoms with Crippen LogP contribution in [-0.2, 0) is 48.5 Å². The maximum atomic E-state index is 12.3. The molecule has 4 aromatic heterocycles. The maximum absolute atomic E-state index is 12.3. The fourth-order valence-electron chi connectivity index (χ4n) is 5.57. The Balaban J connectivity index is 1.33. The van der Waals surface area contributed by atoms with Crippen molar-refractivity contribution in [3.63, 3.8) is 0 Å². The van der Waals surface area contributed by atoms with Crippen molar-refractivity contribution in [1.29, 1.82) is 0 Å². The summed E-state index contributed by atoms with van der Waals surface area (Å²) in [6.07, 6.45) is 1.74. The number of fused-ring (bicyclic) bond motifs is 1. The summed E-state index contributed by atoms with van der Waals surface area (Å²) in [4.78, 5) is 46.8. The first-order valence-corrected chi connectivity index (χ1v) is 15.6. The van der Waals surface area contributed by atoms with Crippen molar-refractivity contribution in [3.8, 4) is 0 Å². The molecule has 0 aliphatic carbocycles. The van der Waals surface area contributed by atoms with Crippen LogP contribution in [0, 0.1) is 0 Å².